The van der Waals surface area contributed by atoms with Gasteiger partial charge >= 0.3 is 0 Å². The number of ketones is 1. The lowest BCUT2D eigenvalue weighted by Crippen LogP contribution is -2.45. The second-order valence-electron chi connectivity index (χ2n) is 8.44. The molecule has 1 N–H and O–H groups in total. The molecule has 0 aliphatic rings. The van der Waals surface area contributed by atoms with E-state index in [2.05, 4.69) is 10.5 Å². The van der Waals surface area contributed by atoms with E-state index < -0.39 is 11.9 Å². The first-order valence-corrected chi connectivity index (χ1v) is 11.7. The minimum absolute atomic E-state index is 0.107. The zero-order valence-corrected chi connectivity index (χ0v) is 21.4. The highest BCUT2D eigenvalue weighted by Gasteiger charge is 2.26. The van der Waals surface area contributed by atoms with Gasteiger partial charge in [0.2, 0.25) is 5.75 Å². The molecule has 0 aliphatic heterocycles. The summed E-state index contributed by atoms with van der Waals surface area (Å²) in [5.74, 6) is 1.03. The predicted molar refractivity (Wildman–Crippen MR) is 135 cm³/mol. The molecule has 0 saturated carbocycles. The fourth-order valence-corrected chi connectivity index (χ4v) is 3.59. The van der Waals surface area contributed by atoms with Gasteiger partial charge < -0.3 is 24.4 Å². The van der Waals surface area contributed by atoms with Crippen molar-refractivity contribution in [3.63, 3.8) is 0 Å². The van der Waals surface area contributed by atoms with Crippen molar-refractivity contribution in [3.8, 4) is 17.2 Å². The fraction of sp³-hybridized carbons (Fsp3) is 0.444. The predicted octanol–water partition coefficient (Wildman–Crippen LogP) is 4.34. The van der Waals surface area contributed by atoms with Crippen molar-refractivity contribution in [2.45, 2.75) is 52.7 Å². The van der Waals surface area contributed by atoms with Crippen molar-refractivity contribution in [1.29, 1.82) is 0 Å². The van der Waals surface area contributed by atoms with Gasteiger partial charge in [0.15, 0.2) is 17.3 Å². The van der Waals surface area contributed by atoms with E-state index in [9.17, 15) is 9.59 Å². The topological polar surface area (TPSA) is 95.5 Å². The van der Waals surface area contributed by atoms with Gasteiger partial charge in [0.1, 0.15) is 12.3 Å². The SMILES string of the molecule is CCC(=O)C(Cc1ccc(OC)c(OC)c1OC)NC(=O)/C(CC(C)C)=N/OCc1ccccc1. The lowest BCUT2D eigenvalue weighted by Gasteiger charge is -2.21. The Kier molecular flexibility index (Phi) is 11.1. The molecule has 0 bridgehead atoms. The molecule has 0 spiro atoms. The molecule has 0 heterocycles. The molecule has 0 aliphatic carbocycles. The number of Topliss-reactive ketones (excluding diaryl/α,β-unsaturated/α-hetero) is 1. The van der Waals surface area contributed by atoms with Gasteiger partial charge in [-0.3, -0.25) is 9.59 Å². The summed E-state index contributed by atoms with van der Waals surface area (Å²) in [4.78, 5) is 31.4. The maximum atomic E-state index is 13.2. The molecule has 2 aromatic carbocycles. The molecule has 35 heavy (non-hydrogen) atoms. The fourth-order valence-electron chi connectivity index (χ4n) is 3.59. The van der Waals surface area contributed by atoms with Crippen LogP contribution in [0.3, 0.4) is 0 Å². The van der Waals surface area contributed by atoms with E-state index in [1.807, 2.05) is 44.2 Å². The van der Waals surface area contributed by atoms with E-state index in [0.29, 0.717) is 29.2 Å². The van der Waals surface area contributed by atoms with Gasteiger partial charge in [-0.1, -0.05) is 62.3 Å². The Hall–Kier alpha value is -3.55. The van der Waals surface area contributed by atoms with E-state index in [4.69, 9.17) is 19.0 Å². The molecule has 8 nitrogen and oxygen atoms in total. The number of nitrogens with one attached hydrogen (secondary N) is 1. The normalized spacial score (nSPS) is 12.1. The van der Waals surface area contributed by atoms with E-state index in [0.717, 1.165) is 5.56 Å². The summed E-state index contributed by atoms with van der Waals surface area (Å²) in [6.07, 6.45) is 0.900. The van der Waals surface area contributed by atoms with Crippen molar-refractivity contribution in [2.75, 3.05) is 21.3 Å². The van der Waals surface area contributed by atoms with Crippen molar-refractivity contribution in [3.05, 3.63) is 53.6 Å². The van der Waals surface area contributed by atoms with Crippen LogP contribution in [0, 0.1) is 5.92 Å². The van der Waals surface area contributed by atoms with Gasteiger partial charge in [0.25, 0.3) is 5.91 Å². The van der Waals surface area contributed by atoms with Crippen LogP contribution in [0.15, 0.2) is 47.6 Å². The van der Waals surface area contributed by atoms with Gasteiger partial charge in [-0.25, -0.2) is 0 Å². The highest BCUT2D eigenvalue weighted by Crippen LogP contribution is 2.40. The molecule has 1 unspecified atom stereocenters. The Labute approximate surface area is 207 Å². The molecular weight excluding hydrogens is 448 g/mol. The van der Waals surface area contributed by atoms with Gasteiger partial charge in [-0.05, 0) is 17.5 Å². The quantitative estimate of drug-likeness (QED) is 0.317. The van der Waals surface area contributed by atoms with E-state index in [1.54, 1.807) is 19.1 Å². The maximum Gasteiger partial charge on any atom is 0.269 e. The average Bonchev–Trinajstić information content (AvgIpc) is 2.86. The first-order valence-electron chi connectivity index (χ1n) is 11.7. The minimum Gasteiger partial charge on any atom is -0.493 e. The number of oxime groups is 1. The molecule has 0 fully saturated rings. The van der Waals surface area contributed by atoms with Crippen LogP contribution in [-0.4, -0.2) is 44.8 Å². The summed E-state index contributed by atoms with van der Waals surface area (Å²) in [5, 5.41) is 6.98. The molecule has 8 heteroatoms. The van der Waals surface area contributed by atoms with Crippen molar-refractivity contribution in [1.82, 2.24) is 5.32 Å². The number of hydrogen-bond acceptors (Lipinski definition) is 7. The number of hydrogen-bond donors (Lipinski definition) is 1. The maximum absolute atomic E-state index is 13.2. The summed E-state index contributed by atoms with van der Waals surface area (Å²) in [7, 11) is 4.58. The molecule has 2 aromatic rings. The van der Waals surface area contributed by atoms with E-state index in [1.165, 1.54) is 21.3 Å². The van der Waals surface area contributed by atoms with Gasteiger partial charge in [0, 0.05) is 24.8 Å². The van der Waals surface area contributed by atoms with Crippen LogP contribution in [0.5, 0.6) is 17.2 Å². The van der Waals surface area contributed by atoms with Crippen molar-refractivity contribution >= 4 is 17.4 Å². The van der Waals surface area contributed by atoms with Gasteiger partial charge in [-0.15, -0.1) is 0 Å². The number of methoxy groups -OCH3 is 3. The van der Waals surface area contributed by atoms with Crippen LogP contribution >= 0.6 is 0 Å². The molecular formula is C27H36N2O6. The smallest absolute Gasteiger partial charge is 0.269 e. The minimum atomic E-state index is -0.772. The summed E-state index contributed by atoms with van der Waals surface area (Å²) in [6.45, 7) is 5.99. The molecule has 1 atom stereocenters. The second-order valence-corrected chi connectivity index (χ2v) is 8.44. The van der Waals surface area contributed by atoms with Gasteiger partial charge in [0.05, 0.1) is 27.4 Å². The number of rotatable bonds is 14. The Morgan fingerprint density at radius 3 is 2.20 bits per heavy atom. The highest BCUT2D eigenvalue weighted by molar-refractivity contribution is 6.39. The number of amides is 1. The lowest BCUT2D eigenvalue weighted by molar-refractivity contribution is -0.124. The summed E-state index contributed by atoms with van der Waals surface area (Å²) in [5.41, 5.74) is 1.89. The zero-order chi connectivity index (χ0) is 25.8. The largest absolute Gasteiger partial charge is 0.493 e. The zero-order valence-electron chi connectivity index (χ0n) is 21.4. The standard InChI is InChI=1S/C27H36N2O6/c1-7-23(30)21(16-20-13-14-24(32-4)26(34-6)25(20)33-5)28-27(31)22(15-18(2)3)29-35-17-19-11-9-8-10-12-19/h8-14,18,21H,7,15-17H2,1-6H3,(H,28,31)/b29-22+. The number of ether oxygens (including phenoxy) is 3. The highest BCUT2D eigenvalue weighted by atomic mass is 16.6. The third-order valence-corrected chi connectivity index (χ3v) is 5.36. The third kappa shape index (κ3) is 8.02. The second kappa shape index (κ2) is 14.0. The Morgan fingerprint density at radius 1 is 0.943 bits per heavy atom. The van der Waals surface area contributed by atoms with Crippen LogP contribution in [0.1, 0.15) is 44.7 Å². The Bertz CT molecular complexity index is 1000. The molecule has 0 saturated heterocycles. The third-order valence-electron chi connectivity index (χ3n) is 5.36. The molecule has 1 amide bonds. The molecule has 0 radical (unpaired) electrons. The van der Waals surface area contributed by atoms with Crippen LogP contribution in [0.4, 0.5) is 0 Å². The number of benzene rings is 2. The monoisotopic (exact) mass is 484 g/mol. The lowest BCUT2D eigenvalue weighted by atomic mass is 9.98. The number of carbonyl (C=O) groups excluding carboxylic acids is 2. The van der Waals surface area contributed by atoms with E-state index >= 15 is 0 Å². The first kappa shape index (κ1) is 27.7. The molecule has 190 valence electrons. The average molecular weight is 485 g/mol. The number of carbonyl (C=O) groups is 2. The van der Waals surface area contributed by atoms with Crippen LogP contribution < -0.4 is 19.5 Å². The van der Waals surface area contributed by atoms with Crippen LogP contribution in [0.25, 0.3) is 0 Å². The Morgan fingerprint density at radius 2 is 1.63 bits per heavy atom. The summed E-state index contributed by atoms with van der Waals surface area (Å²) < 4.78 is 16.3. The van der Waals surface area contributed by atoms with Crippen molar-refractivity contribution < 1.29 is 28.6 Å². The summed E-state index contributed by atoms with van der Waals surface area (Å²) in [6, 6.07) is 12.4. The van der Waals surface area contributed by atoms with E-state index in [-0.39, 0.29) is 36.9 Å². The Balaban J connectivity index is 2.25. The molecule has 2 rings (SSSR count). The van der Waals surface area contributed by atoms with Crippen LogP contribution in [-0.2, 0) is 27.5 Å². The van der Waals surface area contributed by atoms with Crippen molar-refractivity contribution in [2.24, 2.45) is 11.1 Å². The van der Waals surface area contributed by atoms with Crippen LogP contribution in [0.2, 0.25) is 0 Å². The summed E-state index contributed by atoms with van der Waals surface area (Å²) >= 11 is 0. The molecule has 0 aromatic heterocycles. The van der Waals surface area contributed by atoms with Gasteiger partial charge in [-0.2, -0.15) is 0 Å². The number of nitrogens with zero attached hydrogens (tertiary/aromatic N) is 1. The first-order chi connectivity index (χ1) is 16.8.